The van der Waals surface area contributed by atoms with Gasteiger partial charge in [0.2, 0.25) is 0 Å². The first-order chi connectivity index (χ1) is 15.9. The van der Waals surface area contributed by atoms with Crippen molar-refractivity contribution >= 4 is 54.4 Å². The number of fused-ring (bicyclic) bond motifs is 8. The monoisotopic (exact) mass is 605 g/mol. The summed E-state index contributed by atoms with van der Waals surface area (Å²) >= 11 is 0. The van der Waals surface area contributed by atoms with Gasteiger partial charge in [-0.2, -0.15) is 0 Å². The molecular formula is C28H18N4Pt. The molecule has 4 heterocycles. The molecule has 0 N–H and O–H groups in total. The molecule has 0 saturated carbocycles. The second-order valence-electron chi connectivity index (χ2n) is 7.60. The van der Waals surface area contributed by atoms with E-state index in [2.05, 4.69) is 80.6 Å². The van der Waals surface area contributed by atoms with Crippen LogP contribution in [0.2, 0.25) is 0 Å². The molecule has 0 aliphatic heterocycles. The summed E-state index contributed by atoms with van der Waals surface area (Å²) in [5.41, 5.74) is 4.01. The van der Waals surface area contributed by atoms with Crippen LogP contribution in [-0.2, 0) is 21.1 Å². The summed E-state index contributed by atoms with van der Waals surface area (Å²) in [5, 5.41) is 6.92. The molecule has 0 saturated heterocycles. The molecule has 160 valence electrons. The van der Waals surface area contributed by atoms with Crippen LogP contribution in [0, 0.1) is 0 Å². The molecule has 7 aromatic rings. The van der Waals surface area contributed by atoms with Crippen LogP contribution in [0.3, 0.4) is 0 Å². The fourth-order valence-corrected chi connectivity index (χ4v) is 4.17. The minimum absolute atomic E-state index is 0. The third-order valence-corrected chi connectivity index (χ3v) is 5.67. The minimum Gasteiger partial charge on any atom is -0.256 e. The molecule has 0 atom stereocenters. The average Bonchev–Trinajstić information content (AvgIpc) is 2.88. The van der Waals surface area contributed by atoms with Crippen LogP contribution >= 0.6 is 0 Å². The molecule has 0 unspecified atom stereocenters. The van der Waals surface area contributed by atoms with Crippen LogP contribution < -0.4 is 0 Å². The van der Waals surface area contributed by atoms with Gasteiger partial charge in [-0.25, -0.2) is 0 Å². The summed E-state index contributed by atoms with van der Waals surface area (Å²) in [6.07, 6.45) is 7.28. The van der Waals surface area contributed by atoms with Crippen molar-refractivity contribution in [2.75, 3.05) is 0 Å². The Hall–Kier alpha value is -3.75. The molecule has 0 aliphatic rings. The molecule has 0 aliphatic carbocycles. The summed E-state index contributed by atoms with van der Waals surface area (Å²) in [6.45, 7) is 0. The van der Waals surface area contributed by atoms with Gasteiger partial charge in [0.25, 0.3) is 0 Å². The third kappa shape index (κ3) is 3.83. The molecule has 0 amide bonds. The molecule has 33 heavy (non-hydrogen) atoms. The van der Waals surface area contributed by atoms with Gasteiger partial charge >= 0.3 is 0 Å². The van der Waals surface area contributed by atoms with Crippen LogP contribution in [0.5, 0.6) is 0 Å². The fraction of sp³-hybridized carbons (Fsp3) is 0. The molecule has 0 spiro atoms. The van der Waals surface area contributed by atoms with E-state index in [-0.39, 0.29) is 21.1 Å². The van der Waals surface area contributed by atoms with E-state index in [1.165, 1.54) is 5.39 Å². The zero-order valence-electron chi connectivity index (χ0n) is 17.5. The van der Waals surface area contributed by atoms with Gasteiger partial charge in [0.05, 0.1) is 22.1 Å². The van der Waals surface area contributed by atoms with Crippen LogP contribution in [0.15, 0.2) is 110 Å². The molecule has 7 rings (SSSR count). The van der Waals surface area contributed by atoms with E-state index in [0.29, 0.717) is 0 Å². The van der Waals surface area contributed by atoms with E-state index < -0.39 is 0 Å². The van der Waals surface area contributed by atoms with Gasteiger partial charge in [0, 0.05) is 72.8 Å². The van der Waals surface area contributed by atoms with Crippen molar-refractivity contribution in [1.29, 1.82) is 0 Å². The zero-order chi connectivity index (χ0) is 21.3. The van der Waals surface area contributed by atoms with E-state index in [1.807, 2.05) is 36.7 Å². The van der Waals surface area contributed by atoms with Gasteiger partial charge < -0.3 is 0 Å². The number of benzene rings is 3. The fourth-order valence-electron chi connectivity index (χ4n) is 4.17. The van der Waals surface area contributed by atoms with Crippen LogP contribution in [0.4, 0.5) is 0 Å². The van der Waals surface area contributed by atoms with Gasteiger partial charge in [0.1, 0.15) is 0 Å². The number of aromatic nitrogens is 4. The zero-order valence-corrected chi connectivity index (χ0v) is 19.8. The first kappa shape index (κ1) is 21.1. The second-order valence-corrected chi connectivity index (χ2v) is 7.60. The predicted molar refractivity (Wildman–Crippen MR) is 132 cm³/mol. The van der Waals surface area contributed by atoms with E-state index >= 15 is 0 Å². The normalized spacial score (nSPS) is 10.8. The number of hydrogen-bond acceptors (Lipinski definition) is 4. The second kappa shape index (κ2) is 9.01. The van der Waals surface area contributed by atoms with E-state index in [0.717, 1.165) is 49.0 Å². The largest absolute Gasteiger partial charge is 0.256 e. The first-order valence-electron chi connectivity index (χ1n) is 10.5. The quantitative estimate of drug-likeness (QED) is 0.180. The van der Waals surface area contributed by atoms with Crippen molar-refractivity contribution in [1.82, 2.24) is 19.9 Å². The smallest absolute Gasteiger partial charge is 0.0964 e. The van der Waals surface area contributed by atoms with Gasteiger partial charge in [-0.3, -0.25) is 19.9 Å². The van der Waals surface area contributed by atoms with Crippen molar-refractivity contribution in [3.8, 4) is 0 Å². The van der Waals surface area contributed by atoms with Crippen molar-refractivity contribution in [3.05, 3.63) is 110 Å². The maximum atomic E-state index is 4.52. The SMILES string of the molecule is [Pt].c1cnc2c(c1)ccc1ccc3cccnc3c12.c1cnc2c(c1)ccc1cccnc12. The van der Waals surface area contributed by atoms with Gasteiger partial charge in [-0.15, -0.1) is 0 Å². The Kier molecular flexibility index (Phi) is 5.76. The molecular weight excluding hydrogens is 587 g/mol. The summed E-state index contributed by atoms with van der Waals surface area (Å²) in [5.74, 6) is 0. The van der Waals surface area contributed by atoms with E-state index in [4.69, 9.17) is 0 Å². The Balaban J connectivity index is 0.000000138. The molecule has 0 fully saturated rings. The van der Waals surface area contributed by atoms with Crippen LogP contribution in [0.25, 0.3) is 54.4 Å². The number of nitrogens with zero attached hydrogens (tertiary/aromatic N) is 4. The predicted octanol–water partition coefficient (Wildman–Crippen LogP) is 6.72. The molecule has 3 aromatic carbocycles. The van der Waals surface area contributed by atoms with Crippen molar-refractivity contribution in [2.24, 2.45) is 0 Å². The van der Waals surface area contributed by atoms with Gasteiger partial charge in [-0.05, 0) is 29.7 Å². The maximum Gasteiger partial charge on any atom is 0.0964 e. The number of rotatable bonds is 0. The Labute approximate surface area is 204 Å². The van der Waals surface area contributed by atoms with Crippen molar-refractivity contribution < 1.29 is 21.1 Å². The minimum atomic E-state index is 0. The first-order valence-corrected chi connectivity index (χ1v) is 10.5. The third-order valence-electron chi connectivity index (χ3n) is 5.67. The Morgan fingerprint density at radius 2 is 0.636 bits per heavy atom. The number of hydrogen-bond donors (Lipinski definition) is 0. The number of pyridine rings is 4. The van der Waals surface area contributed by atoms with Gasteiger partial charge in [0.15, 0.2) is 0 Å². The Morgan fingerprint density at radius 1 is 0.333 bits per heavy atom. The van der Waals surface area contributed by atoms with Crippen molar-refractivity contribution in [2.45, 2.75) is 0 Å². The average molecular weight is 606 g/mol. The summed E-state index contributed by atoms with van der Waals surface area (Å²) in [6, 6.07) is 28.7. The van der Waals surface area contributed by atoms with Gasteiger partial charge in [-0.1, -0.05) is 60.7 Å². The standard InChI is InChI=1S/C16H10N2.C12H8N2.Pt/c1-3-12-7-5-11-6-8-13-4-2-10-18-16(13)14(11)15(12)17-9-1;1-3-9-5-6-10-4-2-8-14-12(10)11(9)13-7-1;/h1-10H;1-8H;. The molecule has 0 radical (unpaired) electrons. The molecule has 4 nitrogen and oxygen atoms in total. The maximum absolute atomic E-state index is 4.52. The van der Waals surface area contributed by atoms with Crippen LogP contribution in [-0.4, -0.2) is 19.9 Å². The summed E-state index contributed by atoms with van der Waals surface area (Å²) in [4.78, 5) is 17.7. The molecule has 0 bridgehead atoms. The summed E-state index contributed by atoms with van der Waals surface area (Å²) < 4.78 is 0. The summed E-state index contributed by atoms with van der Waals surface area (Å²) in [7, 11) is 0. The Morgan fingerprint density at radius 3 is 1.03 bits per heavy atom. The van der Waals surface area contributed by atoms with Crippen LogP contribution in [0.1, 0.15) is 0 Å². The van der Waals surface area contributed by atoms with E-state index in [9.17, 15) is 0 Å². The van der Waals surface area contributed by atoms with Crippen molar-refractivity contribution in [3.63, 3.8) is 0 Å². The Bertz CT molecular complexity index is 1620. The topological polar surface area (TPSA) is 51.6 Å². The molecule has 5 heteroatoms. The van der Waals surface area contributed by atoms with E-state index in [1.54, 1.807) is 12.4 Å². The molecule has 4 aromatic heterocycles.